The van der Waals surface area contributed by atoms with Crippen LogP contribution in [0, 0.1) is 27.7 Å². The molecule has 1 amide bonds. The van der Waals surface area contributed by atoms with E-state index < -0.39 is 5.69 Å². The summed E-state index contributed by atoms with van der Waals surface area (Å²) in [5.74, 6) is -0.297. The van der Waals surface area contributed by atoms with Crippen molar-refractivity contribution >= 4 is 28.1 Å². The van der Waals surface area contributed by atoms with Gasteiger partial charge in [0.15, 0.2) is 5.65 Å². The van der Waals surface area contributed by atoms with Crippen LogP contribution in [0.1, 0.15) is 22.3 Å². The van der Waals surface area contributed by atoms with Crippen LogP contribution >= 0.6 is 0 Å². The van der Waals surface area contributed by atoms with Crippen molar-refractivity contribution in [1.82, 2.24) is 19.2 Å². The van der Waals surface area contributed by atoms with Crippen LogP contribution in [0.3, 0.4) is 0 Å². The van der Waals surface area contributed by atoms with E-state index in [1.54, 1.807) is 0 Å². The van der Waals surface area contributed by atoms with Crippen molar-refractivity contribution < 1.29 is 4.79 Å². The Balaban J connectivity index is 1.70. The zero-order valence-corrected chi connectivity index (χ0v) is 16.3. The Bertz CT molecular complexity index is 1280. The lowest BCUT2D eigenvalue weighted by molar-refractivity contribution is -0.117. The largest absolute Gasteiger partial charge is 0.352 e. The molecule has 0 atom stereocenters. The van der Waals surface area contributed by atoms with E-state index in [0.717, 1.165) is 38.8 Å². The van der Waals surface area contributed by atoms with E-state index in [-0.39, 0.29) is 12.5 Å². The molecule has 0 saturated heterocycles. The van der Waals surface area contributed by atoms with Crippen molar-refractivity contribution in [3.05, 3.63) is 69.4 Å². The number of hydrogen-bond acceptors (Lipinski definition) is 4. The zero-order chi connectivity index (χ0) is 20.0. The summed E-state index contributed by atoms with van der Waals surface area (Å²) in [5.41, 5.74) is 5.78. The van der Waals surface area contributed by atoms with Crippen LogP contribution in [0.4, 0.5) is 5.69 Å². The molecule has 0 aliphatic carbocycles. The number of carbonyl (C=O) groups excluding carboxylic acids is 1. The lowest BCUT2D eigenvalue weighted by Crippen LogP contribution is -2.28. The van der Waals surface area contributed by atoms with Gasteiger partial charge in [-0.3, -0.25) is 4.79 Å². The molecule has 0 saturated carbocycles. The number of aryl methyl sites for hydroxylation is 4. The summed E-state index contributed by atoms with van der Waals surface area (Å²) in [6.07, 6.45) is 1.46. The fourth-order valence-corrected chi connectivity index (χ4v) is 3.63. The Labute approximate surface area is 161 Å². The SMILES string of the molecule is Cc1cc(C)c(NC(=O)Cn2nc3c4cccc(C)c4ncn3c2=O)c(C)c1. The number of nitrogens with zero attached hydrogens (tertiary/aromatic N) is 4. The van der Waals surface area contributed by atoms with Crippen molar-refractivity contribution in [2.75, 3.05) is 5.32 Å². The number of aromatic nitrogens is 4. The molecule has 7 nitrogen and oxygen atoms in total. The van der Waals surface area contributed by atoms with Crippen LogP contribution in [-0.4, -0.2) is 25.1 Å². The summed E-state index contributed by atoms with van der Waals surface area (Å²) in [5, 5.41) is 8.08. The number of rotatable bonds is 3. The Morgan fingerprint density at radius 3 is 2.50 bits per heavy atom. The highest BCUT2D eigenvalue weighted by Gasteiger charge is 2.15. The van der Waals surface area contributed by atoms with Crippen molar-refractivity contribution in [2.45, 2.75) is 34.2 Å². The Morgan fingerprint density at radius 1 is 1.07 bits per heavy atom. The third-order valence-electron chi connectivity index (χ3n) is 4.89. The van der Waals surface area contributed by atoms with Crippen LogP contribution < -0.4 is 11.0 Å². The third kappa shape index (κ3) is 2.94. The van der Waals surface area contributed by atoms with Gasteiger partial charge in [-0.1, -0.05) is 29.8 Å². The van der Waals surface area contributed by atoms with Crippen LogP contribution in [0.2, 0.25) is 0 Å². The molecule has 0 bridgehead atoms. The fourth-order valence-electron chi connectivity index (χ4n) is 3.63. The summed E-state index contributed by atoms with van der Waals surface area (Å²) in [6.45, 7) is 7.71. The molecule has 0 spiro atoms. The summed E-state index contributed by atoms with van der Waals surface area (Å²) in [6, 6.07) is 9.76. The zero-order valence-electron chi connectivity index (χ0n) is 16.3. The fraction of sp³-hybridized carbons (Fsp3) is 0.238. The molecule has 1 N–H and O–H groups in total. The highest BCUT2D eigenvalue weighted by atomic mass is 16.2. The molecule has 4 rings (SSSR count). The summed E-state index contributed by atoms with van der Waals surface area (Å²) >= 11 is 0. The second kappa shape index (κ2) is 6.60. The number of amides is 1. The van der Waals surface area contributed by atoms with E-state index in [0.29, 0.717) is 5.65 Å². The van der Waals surface area contributed by atoms with Gasteiger partial charge in [0, 0.05) is 11.1 Å². The van der Waals surface area contributed by atoms with E-state index >= 15 is 0 Å². The summed E-state index contributed by atoms with van der Waals surface area (Å²) in [7, 11) is 0. The lowest BCUT2D eigenvalue weighted by Gasteiger charge is -2.12. The Hall–Kier alpha value is -3.48. The van der Waals surface area contributed by atoms with Gasteiger partial charge in [-0.15, -0.1) is 5.10 Å². The minimum Gasteiger partial charge on any atom is -0.324 e. The molecule has 0 aliphatic heterocycles. The number of anilines is 1. The number of fused-ring (bicyclic) bond motifs is 3. The number of benzene rings is 2. The van der Waals surface area contributed by atoms with Gasteiger partial charge in [0.1, 0.15) is 12.9 Å². The maximum Gasteiger partial charge on any atom is 0.352 e. The average molecular weight is 375 g/mol. The van der Waals surface area contributed by atoms with Crippen LogP contribution in [0.5, 0.6) is 0 Å². The Morgan fingerprint density at radius 2 is 1.79 bits per heavy atom. The first kappa shape index (κ1) is 17.9. The normalized spacial score (nSPS) is 11.3. The number of hydrogen-bond donors (Lipinski definition) is 1. The molecule has 0 unspecified atom stereocenters. The molecule has 4 aromatic rings. The van der Waals surface area contributed by atoms with Gasteiger partial charge in [0.25, 0.3) is 0 Å². The topological polar surface area (TPSA) is 81.3 Å². The molecule has 0 aliphatic rings. The van der Waals surface area contributed by atoms with Gasteiger partial charge in [-0.2, -0.15) is 0 Å². The molecular weight excluding hydrogens is 354 g/mol. The maximum absolute atomic E-state index is 12.7. The monoisotopic (exact) mass is 375 g/mol. The van der Waals surface area contributed by atoms with Crippen LogP contribution in [-0.2, 0) is 11.3 Å². The minimum atomic E-state index is -0.390. The van der Waals surface area contributed by atoms with Gasteiger partial charge < -0.3 is 5.32 Å². The quantitative estimate of drug-likeness (QED) is 0.597. The standard InChI is InChI=1S/C21H21N5O2/c1-12-8-14(3)18(15(4)9-12)23-17(27)10-26-21(28)25-11-22-19-13(2)6-5-7-16(19)20(25)24-26/h5-9,11H,10H2,1-4H3,(H,23,27). The molecule has 0 fully saturated rings. The summed E-state index contributed by atoms with van der Waals surface area (Å²) < 4.78 is 2.55. The molecule has 142 valence electrons. The van der Waals surface area contributed by atoms with Crippen molar-refractivity contribution in [2.24, 2.45) is 0 Å². The van der Waals surface area contributed by atoms with E-state index in [2.05, 4.69) is 15.4 Å². The average Bonchev–Trinajstić information content (AvgIpc) is 2.95. The molecule has 0 radical (unpaired) electrons. The Kier molecular flexibility index (Phi) is 4.22. The van der Waals surface area contributed by atoms with Gasteiger partial charge in [-0.25, -0.2) is 18.9 Å². The molecule has 28 heavy (non-hydrogen) atoms. The second-order valence-electron chi connectivity index (χ2n) is 7.17. The smallest absolute Gasteiger partial charge is 0.324 e. The van der Waals surface area contributed by atoms with Crippen LogP contribution in [0.25, 0.3) is 16.6 Å². The first-order valence-corrected chi connectivity index (χ1v) is 9.06. The van der Waals surface area contributed by atoms with E-state index in [4.69, 9.17) is 0 Å². The second-order valence-corrected chi connectivity index (χ2v) is 7.17. The van der Waals surface area contributed by atoms with Crippen molar-refractivity contribution in [1.29, 1.82) is 0 Å². The predicted molar refractivity (Wildman–Crippen MR) is 109 cm³/mol. The first-order valence-electron chi connectivity index (χ1n) is 9.06. The molecular formula is C21H21N5O2. The highest BCUT2D eigenvalue weighted by molar-refractivity contribution is 5.93. The van der Waals surface area contributed by atoms with E-state index in [1.807, 2.05) is 58.0 Å². The molecule has 2 heterocycles. The first-order chi connectivity index (χ1) is 13.3. The van der Waals surface area contributed by atoms with Gasteiger partial charge in [-0.05, 0) is 50.5 Å². The maximum atomic E-state index is 12.7. The van der Waals surface area contributed by atoms with Crippen molar-refractivity contribution in [3.8, 4) is 0 Å². The van der Waals surface area contributed by atoms with Crippen molar-refractivity contribution in [3.63, 3.8) is 0 Å². The van der Waals surface area contributed by atoms with E-state index in [9.17, 15) is 9.59 Å². The van der Waals surface area contributed by atoms with Gasteiger partial charge >= 0.3 is 5.69 Å². The van der Waals surface area contributed by atoms with Crippen LogP contribution in [0.15, 0.2) is 41.5 Å². The van der Waals surface area contributed by atoms with E-state index in [1.165, 1.54) is 15.4 Å². The molecule has 2 aromatic carbocycles. The summed E-state index contributed by atoms with van der Waals surface area (Å²) in [4.78, 5) is 29.6. The molecule has 2 aromatic heterocycles. The molecule has 7 heteroatoms. The number of carbonyl (C=O) groups is 1. The van der Waals surface area contributed by atoms with Gasteiger partial charge in [0.2, 0.25) is 5.91 Å². The lowest BCUT2D eigenvalue weighted by atomic mass is 10.1. The highest BCUT2D eigenvalue weighted by Crippen LogP contribution is 2.22. The third-order valence-corrected chi connectivity index (χ3v) is 4.89. The number of para-hydroxylation sites is 1. The minimum absolute atomic E-state index is 0.166. The number of nitrogens with one attached hydrogen (secondary N) is 1. The van der Waals surface area contributed by atoms with Gasteiger partial charge in [0.05, 0.1) is 5.52 Å². The predicted octanol–water partition coefficient (Wildman–Crippen LogP) is 2.92.